The average Bonchev–Trinajstić information content (AvgIpc) is 3.28. The van der Waals surface area contributed by atoms with Crippen LogP contribution in [0.4, 0.5) is 0 Å². The van der Waals surface area contributed by atoms with Crippen LogP contribution in [-0.4, -0.2) is 31.7 Å². The number of fused-ring (bicyclic) bond motifs is 1. The van der Waals surface area contributed by atoms with Crippen LogP contribution in [0.1, 0.15) is 54.9 Å². The Morgan fingerprint density at radius 3 is 2.86 bits per heavy atom. The third kappa shape index (κ3) is 4.54. The lowest BCUT2D eigenvalue weighted by atomic mass is 10.1. The van der Waals surface area contributed by atoms with Gasteiger partial charge in [0, 0.05) is 30.3 Å². The van der Waals surface area contributed by atoms with Crippen LogP contribution < -0.4 is 10.5 Å². The number of nitrogens with zero attached hydrogens (tertiary/aromatic N) is 3. The molecule has 28 heavy (non-hydrogen) atoms. The van der Waals surface area contributed by atoms with Crippen molar-refractivity contribution in [2.24, 2.45) is 12.8 Å². The number of benzene rings is 1. The van der Waals surface area contributed by atoms with Crippen LogP contribution >= 0.6 is 0 Å². The van der Waals surface area contributed by atoms with E-state index in [9.17, 15) is 9.90 Å². The molecule has 0 radical (unpaired) electrons. The number of nitrogens with two attached hydrogens (primary N) is 1. The lowest BCUT2D eigenvalue weighted by Gasteiger charge is -2.11. The molecule has 3 N–H and O–H groups in total. The van der Waals surface area contributed by atoms with Gasteiger partial charge in [0.05, 0.1) is 12.9 Å². The summed E-state index contributed by atoms with van der Waals surface area (Å²) in [6.07, 6.45) is 8.65. The molecule has 3 rings (SSSR count). The molecule has 1 unspecified atom stereocenters. The van der Waals surface area contributed by atoms with Gasteiger partial charge in [0.2, 0.25) is 0 Å². The highest BCUT2D eigenvalue weighted by Gasteiger charge is 2.12. The summed E-state index contributed by atoms with van der Waals surface area (Å²) in [5.41, 5.74) is 7.75. The van der Waals surface area contributed by atoms with Crippen LogP contribution in [0.5, 0.6) is 5.75 Å². The predicted molar refractivity (Wildman–Crippen MR) is 108 cm³/mol. The fourth-order valence-electron chi connectivity index (χ4n) is 3.33. The number of aliphatic hydroxyl groups is 1. The highest BCUT2D eigenvalue weighted by Crippen LogP contribution is 2.27. The summed E-state index contributed by atoms with van der Waals surface area (Å²) in [5.74, 6) is 0.296. The Bertz CT molecular complexity index is 944. The number of aliphatic hydroxyl groups excluding tert-OH is 1. The zero-order valence-corrected chi connectivity index (χ0v) is 16.5. The minimum atomic E-state index is -0.733. The highest BCUT2D eigenvalue weighted by molar-refractivity contribution is 5.90. The summed E-state index contributed by atoms with van der Waals surface area (Å²) < 4.78 is 9.48. The number of hydrogen-bond acceptors (Lipinski definition) is 4. The summed E-state index contributed by atoms with van der Waals surface area (Å²) in [7, 11) is 2.04. The minimum absolute atomic E-state index is 0.156. The van der Waals surface area contributed by atoms with Crippen molar-refractivity contribution in [3.8, 4) is 5.75 Å². The van der Waals surface area contributed by atoms with E-state index in [1.165, 1.54) is 33.6 Å². The van der Waals surface area contributed by atoms with Crippen molar-refractivity contribution >= 4 is 16.8 Å². The summed E-state index contributed by atoms with van der Waals surface area (Å²) >= 11 is 0. The van der Waals surface area contributed by atoms with E-state index < -0.39 is 12.1 Å². The van der Waals surface area contributed by atoms with Gasteiger partial charge in [-0.25, -0.2) is 4.98 Å². The number of imidazole rings is 1. The summed E-state index contributed by atoms with van der Waals surface area (Å²) in [4.78, 5) is 15.0. The molecule has 0 saturated heterocycles. The molecule has 2 heterocycles. The number of aromatic nitrogens is 3. The van der Waals surface area contributed by atoms with Gasteiger partial charge in [-0.3, -0.25) is 4.79 Å². The van der Waals surface area contributed by atoms with Crippen molar-refractivity contribution in [2.75, 3.05) is 6.61 Å². The van der Waals surface area contributed by atoms with Gasteiger partial charge in [-0.05, 0) is 49.4 Å². The van der Waals surface area contributed by atoms with Crippen LogP contribution in [0, 0.1) is 0 Å². The molecule has 0 spiro atoms. The number of amides is 1. The number of unbranched alkanes of at least 4 members (excludes halogenated alkanes) is 1. The standard InChI is InChI=1S/C21H28N4O3/c1-3-4-10-28-16-8-9-19-17(11-16)15(12-24(19)2)6-5-7-20(26)25-13-18(21(22)27)23-14-25/h8-9,11-14,20,26H,3-7,10H2,1-2H3,(H2,22,27). The molecule has 150 valence electrons. The molecule has 7 heteroatoms. The van der Waals surface area contributed by atoms with E-state index in [1.54, 1.807) is 0 Å². The van der Waals surface area contributed by atoms with Gasteiger partial charge in [0.1, 0.15) is 17.7 Å². The Morgan fingerprint density at radius 2 is 2.14 bits per heavy atom. The number of primary amides is 1. The second kappa shape index (κ2) is 8.93. The Labute approximate surface area is 164 Å². The molecule has 1 atom stereocenters. The van der Waals surface area contributed by atoms with E-state index in [0.717, 1.165) is 38.0 Å². The predicted octanol–water partition coefficient (Wildman–Crippen LogP) is 3.17. The van der Waals surface area contributed by atoms with E-state index in [0.29, 0.717) is 6.42 Å². The van der Waals surface area contributed by atoms with E-state index >= 15 is 0 Å². The molecule has 2 aromatic heterocycles. The third-order valence-electron chi connectivity index (χ3n) is 4.92. The second-order valence-corrected chi connectivity index (χ2v) is 7.09. The number of hydrogen-bond donors (Lipinski definition) is 2. The zero-order chi connectivity index (χ0) is 20.1. The summed E-state index contributed by atoms with van der Waals surface area (Å²) in [6.45, 7) is 2.88. The first-order chi connectivity index (χ1) is 13.5. The second-order valence-electron chi connectivity index (χ2n) is 7.09. The van der Waals surface area contributed by atoms with E-state index in [2.05, 4.69) is 34.8 Å². The molecule has 0 saturated carbocycles. The average molecular weight is 384 g/mol. The quantitative estimate of drug-likeness (QED) is 0.525. The van der Waals surface area contributed by atoms with Gasteiger partial charge in [-0.2, -0.15) is 0 Å². The van der Waals surface area contributed by atoms with Crippen LogP contribution in [0.25, 0.3) is 10.9 Å². The number of rotatable bonds is 10. The Kier molecular flexibility index (Phi) is 6.36. The maximum absolute atomic E-state index is 11.1. The first kappa shape index (κ1) is 19.9. The topological polar surface area (TPSA) is 95.3 Å². The van der Waals surface area contributed by atoms with Crippen molar-refractivity contribution in [1.29, 1.82) is 0 Å². The van der Waals surface area contributed by atoms with Gasteiger partial charge in [0.25, 0.3) is 5.91 Å². The first-order valence-corrected chi connectivity index (χ1v) is 9.71. The normalized spacial score (nSPS) is 12.4. The highest BCUT2D eigenvalue weighted by atomic mass is 16.5. The van der Waals surface area contributed by atoms with E-state index in [4.69, 9.17) is 10.5 Å². The monoisotopic (exact) mass is 384 g/mol. The molecule has 1 aromatic carbocycles. The molecule has 0 aliphatic rings. The Balaban J connectivity index is 1.64. The molecule has 3 aromatic rings. The lowest BCUT2D eigenvalue weighted by molar-refractivity contribution is 0.0918. The van der Waals surface area contributed by atoms with Crippen molar-refractivity contribution < 1.29 is 14.6 Å². The van der Waals surface area contributed by atoms with Crippen molar-refractivity contribution in [3.63, 3.8) is 0 Å². The largest absolute Gasteiger partial charge is 0.494 e. The fourth-order valence-corrected chi connectivity index (χ4v) is 3.33. The number of carbonyl (C=O) groups excluding carboxylic acids is 1. The van der Waals surface area contributed by atoms with Crippen LogP contribution in [0.2, 0.25) is 0 Å². The molecule has 0 bridgehead atoms. The molecule has 0 aliphatic carbocycles. The fraction of sp³-hybridized carbons (Fsp3) is 0.429. The summed E-state index contributed by atoms with van der Waals surface area (Å²) in [5, 5.41) is 11.5. The smallest absolute Gasteiger partial charge is 0.268 e. The van der Waals surface area contributed by atoms with Crippen molar-refractivity contribution in [2.45, 2.75) is 45.3 Å². The van der Waals surface area contributed by atoms with Crippen molar-refractivity contribution in [3.05, 3.63) is 48.2 Å². The SMILES string of the molecule is CCCCOc1ccc2c(c1)c(CCCC(O)n1cnc(C(N)=O)c1)cn2C. The molecular formula is C21H28N4O3. The first-order valence-electron chi connectivity index (χ1n) is 9.71. The van der Waals surface area contributed by atoms with Gasteiger partial charge in [-0.15, -0.1) is 0 Å². The van der Waals surface area contributed by atoms with E-state index in [-0.39, 0.29) is 5.69 Å². The van der Waals surface area contributed by atoms with Crippen LogP contribution in [-0.2, 0) is 13.5 Å². The third-order valence-corrected chi connectivity index (χ3v) is 4.92. The molecule has 0 fully saturated rings. The minimum Gasteiger partial charge on any atom is -0.494 e. The maximum Gasteiger partial charge on any atom is 0.268 e. The van der Waals surface area contributed by atoms with Crippen LogP contribution in [0.15, 0.2) is 36.9 Å². The van der Waals surface area contributed by atoms with Gasteiger partial charge >= 0.3 is 0 Å². The van der Waals surface area contributed by atoms with Gasteiger partial charge in [0.15, 0.2) is 0 Å². The lowest BCUT2D eigenvalue weighted by Crippen LogP contribution is -2.11. The number of ether oxygens (including phenoxy) is 1. The summed E-state index contributed by atoms with van der Waals surface area (Å²) in [6, 6.07) is 6.21. The number of carbonyl (C=O) groups is 1. The van der Waals surface area contributed by atoms with Crippen LogP contribution in [0.3, 0.4) is 0 Å². The molecular weight excluding hydrogens is 356 g/mol. The zero-order valence-electron chi connectivity index (χ0n) is 16.5. The number of aryl methyl sites for hydroxylation is 2. The molecule has 0 aliphatic heterocycles. The Morgan fingerprint density at radius 1 is 1.32 bits per heavy atom. The van der Waals surface area contributed by atoms with Gasteiger partial charge in [-0.1, -0.05) is 13.3 Å². The van der Waals surface area contributed by atoms with Gasteiger partial charge < -0.3 is 24.7 Å². The van der Waals surface area contributed by atoms with Crippen molar-refractivity contribution in [1.82, 2.24) is 14.1 Å². The molecule has 1 amide bonds. The molecule has 7 nitrogen and oxygen atoms in total. The van der Waals surface area contributed by atoms with E-state index in [1.807, 2.05) is 13.1 Å². The maximum atomic E-state index is 11.1. The Hall–Kier alpha value is -2.80.